The third-order valence-corrected chi connectivity index (χ3v) is 7.28. The molecule has 5 rings (SSSR count). The molecule has 180 valence electrons. The quantitative estimate of drug-likeness (QED) is 0.474. The van der Waals surface area contributed by atoms with Crippen LogP contribution in [0, 0.1) is 11.7 Å². The number of anilines is 2. The minimum atomic E-state index is -0.400. The van der Waals surface area contributed by atoms with Gasteiger partial charge >= 0.3 is 0 Å². The summed E-state index contributed by atoms with van der Waals surface area (Å²) in [6.45, 7) is 3.46. The van der Waals surface area contributed by atoms with Gasteiger partial charge in [-0.05, 0) is 61.6 Å². The Morgan fingerprint density at radius 1 is 1.21 bits per heavy atom. The Kier molecular flexibility index (Phi) is 6.70. The molecule has 34 heavy (non-hydrogen) atoms. The van der Waals surface area contributed by atoms with Crippen molar-refractivity contribution < 1.29 is 13.6 Å². The lowest BCUT2D eigenvalue weighted by Crippen LogP contribution is -2.47. The molecule has 0 radical (unpaired) electrons. The normalized spacial score (nSPS) is 18.0. The van der Waals surface area contributed by atoms with Gasteiger partial charge in [0.1, 0.15) is 17.4 Å². The maximum atomic E-state index is 13.6. The van der Waals surface area contributed by atoms with Gasteiger partial charge in [-0.2, -0.15) is 4.98 Å². The predicted octanol–water partition coefficient (Wildman–Crippen LogP) is 5.29. The summed E-state index contributed by atoms with van der Waals surface area (Å²) in [5, 5.41) is 6.44. The highest BCUT2D eigenvalue weighted by Crippen LogP contribution is 2.31. The molecule has 2 aromatic carbocycles. The number of hydrogen-bond acceptors (Lipinski definition) is 5. The number of carbonyl (C=O) groups excluding carboxylic acids is 1. The van der Waals surface area contributed by atoms with Crippen molar-refractivity contribution in [2.24, 2.45) is 5.92 Å². The number of para-hydroxylation sites is 2. The van der Waals surface area contributed by atoms with E-state index in [1.165, 1.54) is 25.3 Å². The van der Waals surface area contributed by atoms with Gasteiger partial charge in [0.15, 0.2) is 5.58 Å². The number of hydrogen-bond donors (Lipinski definition) is 2. The van der Waals surface area contributed by atoms with Crippen LogP contribution in [0.5, 0.6) is 0 Å². The number of halogens is 1. The minimum absolute atomic E-state index is 0.0294. The standard InChI is InChI=1S/C27H33FN4O2/c1-18(32-14-13-20-16-21(28)11-12-24(20)32)17-29-26(33)23(15-19-7-3-2-4-8-19)31-27-30-22-9-5-6-10-25(22)34-27/h5-6,9-12,16,18-19,23H,2-4,7-8,13-15,17H2,1H3,(H,29,33)(H,30,31)/t18?,23-/m0/s1. The number of rotatable bonds is 8. The van der Waals surface area contributed by atoms with Crippen LogP contribution < -0.4 is 15.5 Å². The van der Waals surface area contributed by atoms with E-state index in [2.05, 4.69) is 27.4 Å². The number of amides is 1. The topological polar surface area (TPSA) is 70.4 Å². The van der Waals surface area contributed by atoms with Crippen LogP contribution in [0.15, 0.2) is 46.9 Å². The maximum Gasteiger partial charge on any atom is 0.296 e. The molecule has 1 aromatic heterocycles. The average molecular weight is 465 g/mol. The first-order valence-electron chi connectivity index (χ1n) is 12.5. The Hall–Kier alpha value is -3.09. The summed E-state index contributed by atoms with van der Waals surface area (Å²) in [4.78, 5) is 20.1. The monoisotopic (exact) mass is 464 g/mol. The zero-order chi connectivity index (χ0) is 23.5. The van der Waals surface area contributed by atoms with E-state index in [-0.39, 0.29) is 17.8 Å². The van der Waals surface area contributed by atoms with E-state index in [4.69, 9.17) is 4.42 Å². The molecule has 7 heteroatoms. The predicted molar refractivity (Wildman–Crippen MR) is 133 cm³/mol. The smallest absolute Gasteiger partial charge is 0.296 e. The fourth-order valence-corrected chi connectivity index (χ4v) is 5.41. The molecule has 3 aromatic rings. The summed E-state index contributed by atoms with van der Waals surface area (Å²) in [5.41, 5.74) is 3.58. The van der Waals surface area contributed by atoms with Gasteiger partial charge in [0.05, 0.1) is 0 Å². The van der Waals surface area contributed by atoms with E-state index in [1.807, 2.05) is 30.3 Å². The molecular formula is C27H33FN4O2. The molecule has 2 atom stereocenters. The Balaban J connectivity index is 1.25. The first kappa shape index (κ1) is 22.7. The summed E-state index contributed by atoms with van der Waals surface area (Å²) in [5.74, 6) is 0.301. The van der Waals surface area contributed by atoms with Crippen molar-refractivity contribution in [3.05, 3.63) is 53.8 Å². The summed E-state index contributed by atoms with van der Waals surface area (Å²) in [7, 11) is 0. The fourth-order valence-electron chi connectivity index (χ4n) is 5.41. The van der Waals surface area contributed by atoms with E-state index in [0.717, 1.165) is 49.0 Å². The molecule has 1 amide bonds. The lowest BCUT2D eigenvalue weighted by atomic mass is 9.84. The zero-order valence-corrected chi connectivity index (χ0v) is 19.7. The zero-order valence-electron chi connectivity index (χ0n) is 19.7. The van der Waals surface area contributed by atoms with Gasteiger partial charge in [-0.25, -0.2) is 4.39 Å². The highest BCUT2D eigenvalue weighted by atomic mass is 19.1. The Morgan fingerprint density at radius 3 is 2.85 bits per heavy atom. The average Bonchev–Trinajstić information content (AvgIpc) is 3.45. The molecule has 0 bridgehead atoms. The second-order valence-corrected chi connectivity index (χ2v) is 9.73. The Labute approximate surface area is 199 Å². The lowest BCUT2D eigenvalue weighted by Gasteiger charge is -2.29. The van der Waals surface area contributed by atoms with Gasteiger partial charge in [0.2, 0.25) is 5.91 Å². The van der Waals surface area contributed by atoms with E-state index < -0.39 is 6.04 Å². The minimum Gasteiger partial charge on any atom is -0.424 e. The van der Waals surface area contributed by atoms with Crippen LogP contribution in [0.4, 0.5) is 16.1 Å². The van der Waals surface area contributed by atoms with Crippen molar-refractivity contribution in [1.82, 2.24) is 10.3 Å². The number of fused-ring (bicyclic) bond motifs is 2. The lowest BCUT2D eigenvalue weighted by molar-refractivity contribution is -0.122. The van der Waals surface area contributed by atoms with E-state index in [0.29, 0.717) is 24.1 Å². The number of aromatic nitrogens is 1. The van der Waals surface area contributed by atoms with E-state index in [9.17, 15) is 9.18 Å². The van der Waals surface area contributed by atoms with Gasteiger partial charge in [-0.15, -0.1) is 0 Å². The molecule has 2 N–H and O–H groups in total. The second-order valence-electron chi connectivity index (χ2n) is 9.73. The molecule has 1 unspecified atom stereocenters. The van der Waals surface area contributed by atoms with Gasteiger partial charge in [-0.1, -0.05) is 44.2 Å². The van der Waals surface area contributed by atoms with E-state index >= 15 is 0 Å². The maximum absolute atomic E-state index is 13.6. The second kappa shape index (κ2) is 10.0. The highest BCUT2D eigenvalue weighted by molar-refractivity contribution is 5.84. The highest BCUT2D eigenvalue weighted by Gasteiger charge is 2.28. The first-order chi connectivity index (χ1) is 16.6. The van der Waals surface area contributed by atoms with Crippen LogP contribution in [-0.4, -0.2) is 36.1 Å². The summed E-state index contributed by atoms with van der Waals surface area (Å²) >= 11 is 0. The van der Waals surface area contributed by atoms with Crippen molar-refractivity contribution in [2.45, 2.75) is 64.0 Å². The number of benzene rings is 2. The van der Waals surface area contributed by atoms with Crippen LogP contribution in [0.3, 0.4) is 0 Å². The summed E-state index contributed by atoms with van der Waals surface area (Å²) in [6, 6.07) is 12.7. The van der Waals surface area contributed by atoms with Crippen LogP contribution in [0.2, 0.25) is 0 Å². The molecular weight excluding hydrogens is 431 g/mol. The number of carbonyl (C=O) groups is 1. The third kappa shape index (κ3) is 5.03. The van der Waals surface area contributed by atoms with Crippen LogP contribution in [0.1, 0.15) is 51.0 Å². The molecule has 2 heterocycles. The molecule has 6 nitrogen and oxygen atoms in total. The first-order valence-corrected chi connectivity index (χ1v) is 12.5. The van der Waals surface area contributed by atoms with Crippen LogP contribution in [0.25, 0.3) is 11.1 Å². The van der Waals surface area contributed by atoms with Gasteiger partial charge in [-0.3, -0.25) is 4.79 Å². The van der Waals surface area contributed by atoms with E-state index in [1.54, 1.807) is 6.07 Å². The number of oxazole rings is 1. The molecule has 1 saturated carbocycles. The molecule has 2 aliphatic rings. The number of nitrogens with one attached hydrogen (secondary N) is 2. The molecule has 1 aliphatic carbocycles. The Bertz CT molecular complexity index is 1110. The SMILES string of the molecule is CC(CNC(=O)[C@H](CC1CCCCC1)Nc1nc2ccccc2o1)N1CCc2cc(F)ccc21. The fraction of sp³-hybridized carbons (Fsp3) is 0.481. The largest absolute Gasteiger partial charge is 0.424 e. The Morgan fingerprint density at radius 2 is 2.03 bits per heavy atom. The van der Waals surface area contributed by atoms with Crippen LogP contribution >= 0.6 is 0 Å². The van der Waals surface area contributed by atoms with Crippen molar-refractivity contribution >= 4 is 28.7 Å². The molecule has 1 aliphatic heterocycles. The van der Waals surface area contributed by atoms with Crippen molar-refractivity contribution in [3.63, 3.8) is 0 Å². The molecule has 1 fully saturated rings. The van der Waals surface area contributed by atoms with Gasteiger partial charge < -0.3 is 20.0 Å². The van der Waals surface area contributed by atoms with Crippen molar-refractivity contribution in [1.29, 1.82) is 0 Å². The summed E-state index contributed by atoms with van der Waals surface area (Å²) < 4.78 is 19.4. The van der Waals surface area contributed by atoms with Gasteiger partial charge in [0, 0.05) is 24.8 Å². The van der Waals surface area contributed by atoms with Crippen molar-refractivity contribution in [2.75, 3.05) is 23.3 Å². The molecule has 0 saturated heterocycles. The summed E-state index contributed by atoms with van der Waals surface area (Å²) in [6.07, 6.45) is 7.67. The number of nitrogens with zero attached hydrogens (tertiary/aromatic N) is 2. The van der Waals surface area contributed by atoms with Crippen molar-refractivity contribution in [3.8, 4) is 0 Å². The van der Waals surface area contributed by atoms with Crippen LogP contribution in [-0.2, 0) is 11.2 Å². The third-order valence-electron chi connectivity index (χ3n) is 7.28. The van der Waals surface area contributed by atoms with Gasteiger partial charge in [0.25, 0.3) is 6.01 Å². The molecule has 0 spiro atoms.